The lowest BCUT2D eigenvalue weighted by atomic mass is 10.1. The third-order valence-electron chi connectivity index (χ3n) is 2.73. The maximum atomic E-state index is 12.0. The molecule has 1 amide bonds. The van der Waals surface area contributed by atoms with Crippen molar-refractivity contribution >= 4 is 57.1 Å². The van der Waals surface area contributed by atoms with E-state index in [1.165, 1.54) is 0 Å². The summed E-state index contributed by atoms with van der Waals surface area (Å²) in [6.07, 6.45) is 0.592. The van der Waals surface area contributed by atoms with E-state index in [4.69, 9.17) is 5.11 Å². The highest BCUT2D eigenvalue weighted by molar-refractivity contribution is 14.1. The lowest BCUT2D eigenvalue weighted by Crippen LogP contribution is -2.28. The van der Waals surface area contributed by atoms with E-state index in [2.05, 4.69) is 27.9 Å². The number of halogens is 2. The number of carboxylic acids is 1. The van der Waals surface area contributed by atoms with Gasteiger partial charge in [-0.3, -0.25) is 9.59 Å². The molecule has 0 aliphatic carbocycles. The zero-order chi connectivity index (χ0) is 15.3. The van der Waals surface area contributed by atoms with Crippen LogP contribution in [0.25, 0.3) is 0 Å². The fraction of sp³-hybridized carbons (Fsp3) is 0.385. The Balaban J connectivity index is 2.61. The van der Waals surface area contributed by atoms with Gasteiger partial charge in [-0.15, -0.1) is 0 Å². The fourth-order valence-corrected chi connectivity index (χ4v) is 3.42. The number of nitrogens with one attached hydrogen (secondary N) is 1. The summed E-state index contributed by atoms with van der Waals surface area (Å²) in [4.78, 5) is 22.5. The smallest absolute Gasteiger partial charge is 0.303 e. The molecule has 0 saturated heterocycles. The molecule has 1 aromatic rings. The number of hydrogen-bond acceptors (Lipinski definition) is 3. The first-order valence-electron chi connectivity index (χ1n) is 5.99. The van der Waals surface area contributed by atoms with Gasteiger partial charge in [-0.1, -0.05) is 6.92 Å². The van der Waals surface area contributed by atoms with Crippen LogP contribution in [0.15, 0.2) is 12.1 Å². The molecule has 0 bridgehead atoms. The summed E-state index contributed by atoms with van der Waals surface area (Å²) in [6, 6.07) is 3.40. The third kappa shape index (κ3) is 5.43. The molecule has 7 heteroatoms. The van der Waals surface area contributed by atoms with Crippen molar-refractivity contribution in [2.24, 2.45) is 5.92 Å². The van der Waals surface area contributed by atoms with Crippen molar-refractivity contribution < 1.29 is 19.8 Å². The standard InChI is InChI=1S/C13H15I2NO4/c1-7(2-3-11(17)18)6-16-13(20)9-4-8(14)5-10(15)12(9)19/h4-5,7,19H,2-3,6H2,1H3,(H,16,20)(H,17,18). The Morgan fingerprint density at radius 3 is 2.60 bits per heavy atom. The molecule has 5 nitrogen and oxygen atoms in total. The molecule has 0 aliphatic rings. The molecule has 20 heavy (non-hydrogen) atoms. The van der Waals surface area contributed by atoms with E-state index < -0.39 is 5.97 Å². The van der Waals surface area contributed by atoms with E-state index in [0.29, 0.717) is 16.5 Å². The summed E-state index contributed by atoms with van der Waals surface area (Å²) in [5.41, 5.74) is 0.242. The Kier molecular flexibility index (Phi) is 7.00. The minimum Gasteiger partial charge on any atom is -0.506 e. The molecule has 1 unspecified atom stereocenters. The average Bonchev–Trinajstić information content (AvgIpc) is 2.37. The van der Waals surface area contributed by atoms with Crippen LogP contribution in [0.2, 0.25) is 0 Å². The van der Waals surface area contributed by atoms with Gasteiger partial charge in [-0.05, 0) is 69.7 Å². The topological polar surface area (TPSA) is 86.6 Å². The second-order valence-corrected chi connectivity index (χ2v) is 6.94. The Bertz CT molecular complexity index is 519. The van der Waals surface area contributed by atoms with Gasteiger partial charge in [0.2, 0.25) is 0 Å². The summed E-state index contributed by atoms with van der Waals surface area (Å²) in [7, 11) is 0. The predicted octanol–water partition coefficient (Wildman–Crippen LogP) is 2.83. The summed E-state index contributed by atoms with van der Waals surface area (Å²) in [6.45, 7) is 2.26. The first-order chi connectivity index (χ1) is 9.31. The summed E-state index contributed by atoms with van der Waals surface area (Å²) in [5, 5.41) is 21.2. The minimum absolute atomic E-state index is 0.0262. The van der Waals surface area contributed by atoms with Gasteiger partial charge in [0.25, 0.3) is 5.91 Å². The van der Waals surface area contributed by atoms with Crippen molar-refractivity contribution in [3.8, 4) is 5.75 Å². The Labute approximate surface area is 144 Å². The van der Waals surface area contributed by atoms with Gasteiger partial charge in [0, 0.05) is 16.5 Å². The van der Waals surface area contributed by atoms with Crippen molar-refractivity contribution in [3.05, 3.63) is 24.8 Å². The highest BCUT2D eigenvalue weighted by atomic mass is 127. The molecule has 1 aromatic carbocycles. The monoisotopic (exact) mass is 503 g/mol. The summed E-state index contributed by atoms with van der Waals surface area (Å²) < 4.78 is 1.49. The van der Waals surface area contributed by atoms with Crippen LogP contribution in [0.5, 0.6) is 5.75 Å². The molecule has 0 spiro atoms. The number of carbonyl (C=O) groups is 2. The van der Waals surface area contributed by atoms with Crippen LogP contribution in [-0.2, 0) is 4.79 Å². The molecule has 0 saturated carbocycles. The van der Waals surface area contributed by atoms with Crippen LogP contribution in [0, 0.1) is 13.1 Å². The van der Waals surface area contributed by atoms with Gasteiger partial charge in [0.1, 0.15) is 5.75 Å². The van der Waals surface area contributed by atoms with Crippen LogP contribution in [0.4, 0.5) is 0 Å². The van der Waals surface area contributed by atoms with Gasteiger partial charge in [-0.25, -0.2) is 0 Å². The molecule has 1 atom stereocenters. The first kappa shape index (κ1) is 17.5. The molecule has 110 valence electrons. The Morgan fingerprint density at radius 2 is 2.00 bits per heavy atom. The van der Waals surface area contributed by atoms with Gasteiger partial charge >= 0.3 is 5.97 Å². The first-order valence-corrected chi connectivity index (χ1v) is 8.15. The Hall–Kier alpha value is -0.580. The van der Waals surface area contributed by atoms with E-state index in [1.807, 2.05) is 29.5 Å². The van der Waals surface area contributed by atoms with Gasteiger partial charge in [-0.2, -0.15) is 0 Å². The number of benzene rings is 1. The zero-order valence-corrected chi connectivity index (χ0v) is 15.1. The minimum atomic E-state index is -0.840. The van der Waals surface area contributed by atoms with Crippen LogP contribution in [-0.4, -0.2) is 28.6 Å². The molecular weight excluding hydrogens is 488 g/mol. The average molecular weight is 503 g/mol. The number of aliphatic carboxylic acids is 1. The predicted molar refractivity (Wildman–Crippen MR) is 91.9 cm³/mol. The number of carboxylic acid groups (broad SMARTS) is 1. The second kappa shape index (κ2) is 8.01. The molecule has 1 rings (SSSR count). The molecule has 0 fully saturated rings. The van der Waals surface area contributed by atoms with Crippen LogP contribution >= 0.6 is 45.2 Å². The largest absolute Gasteiger partial charge is 0.506 e. The van der Waals surface area contributed by atoms with Gasteiger partial charge in [0.05, 0.1) is 9.13 Å². The quantitative estimate of drug-likeness (QED) is 0.522. The molecular formula is C13H15I2NO4. The molecule has 0 radical (unpaired) electrons. The summed E-state index contributed by atoms with van der Waals surface area (Å²) in [5.74, 6) is -1.14. The van der Waals surface area contributed by atoms with Crippen molar-refractivity contribution in [1.29, 1.82) is 0 Å². The van der Waals surface area contributed by atoms with E-state index in [1.54, 1.807) is 12.1 Å². The van der Waals surface area contributed by atoms with Crippen LogP contribution < -0.4 is 5.32 Å². The van der Waals surface area contributed by atoms with Crippen molar-refractivity contribution in [2.45, 2.75) is 19.8 Å². The van der Waals surface area contributed by atoms with Crippen LogP contribution in [0.1, 0.15) is 30.1 Å². The maximum absolute atomic E-state index is 12.0. The molecule has 0 aliphatic heterocycles. The maximum Gasteiger partial charge on any atom is 0.303 e. The highest BCUT2D eigenvalue weighted by Gasteiger charge is 2.15. The third-order valence-corrected chi connectivity index (χ3v) is 4.18. The van der Waals surface area contributed by atoms with E-state index >= 15 is 0 Å². The zero-order valence-electron chi connectivity index (χ0n) is 10.8. The number of amides is 1. The van der Waals surface area contributed by atoms with E-state index in [-0.39, 0.29) is 29.6 Å². The number of aromatic hydroxyl groups is 1. The number of phenolic OH excluding ortho intramolecular Hbond substituents is 1. The SMILES string of the molecule is CC(CCC(=O)O)CNC(=O)c1cc(I)cc(I)c1O. The van der Waals surface area contributed by atoms with E-state index in [9.17, 15) is 14.7 Å². The molecule has 0 heterocycles. The van der Waals surface area contributed by atoms with Crippen LogP contribution in [0.3, 0.4) is 0 Å². The van der Waals surface area contributed by atoms with E-state index in [0.717, 1.165) is 3.57 Å². The Morgan fingerprint density at radius 1 is 1.35 bits per heavy atom. The van der Waals surface area contributed by atoms with Crippen molar-refractivity contribution in [2.75, 3.05) is 6.54 Å². The lowest BCUT2D eigenvalue weighted by Gasteiger charge is -2.13. The lowest BCUT2D eigenvalue weighted by molar-refractivity contribution is -0.137. The van der Waals surface area contributed by atoms with Crippen molar-refractivity contribution in [3.63, 3.8) is 0 Å². The fourth-order valence-electron chi connectivity index (χ4n) is 1.57. The number of phenols is 1. The number of carbonyl (C=O) groups excluding carboxylic acids is 1. The number of rotatable bonds is 6. The molecule has 0 aromatic heterocycles. The second-order valence-electron chi connectivity index (χ2n) is 4.53. The van der Waals surface area contributed by atoms with Crippen molar-refractivity contribution in [1.82, 2.24) is 5.32 Å². The number of hydrogen-bond donors (Lipinski definition) is 3. The highest BCUT2D eigenvalue weighted by Crippen LogP contribution is 2.26. The van der Waals surface area contributed by atoms with Gasteiger partial charge in [0.15, 0.2) is 0 Å². The normalized spacial score (nSPS) is 11.9. The van der Waals surface area contributed by atoms with Gasteiger partial charge < -0.3 is 15.5 Å². The summed E-state index contributed by atoms with van der Waals surface area (Å²) >= 11 is 4.05. The molecule has 3 N–H and O–H groups in total.